The zero-order chi connectivity index (χ0) is 25.3. The van der Waals surface area contributed by atoms with Gasteiger partial charge in [0.1, 0.15) is 11.8 Å². The fraction of sp³-hybridized carbons (Fsp3) is 0.692. The van der Waals surface area contributed by atoms with E-state index in [1.54, 1.807) is 6.21 Å². The van der Waals surface area contributed by atoms with Gasteiger partial charge in [0.15, 0.2) is 11.4 Å². The lowest BCUT2D eigenvalue weighted by molar-refractivity contribution is -0.158. The third-order valence-corrected chi connectivity index (χ3v) is 6.80. The summed E-state index contributed by atoms with van der Waals surface area (Å²) in [4.78, 5) is 24.2. The molecule has 0 spiro atoms. The molecule has 2 unspecified atom stereocenters. The number of fused-ring (bicyclic) bond motifs is 1. The molecule has 3 heterocycles. The number of aliphatic imine (C=N–C) groups is 1. The third-order valence-electron chi connectivity index (χ3n) is 6.80. The Balaban J connectivity index is 1.52. The van der Waals surface area contributed by atoms with Crippen LogP contribution >= 0.6 is 0 Å². The summed E-state index contributed by atoms with van der Waals surface area (Å²) in [7, 11) is 0. The van der Waals surface area contributed by atoms with Gasteiger partial charge in [0.05, 0.1) is 18.4 Å². The van der Waals surface area contributed by atoms with Gasteiger partial charge < -0.3 is 20.3 Å². The second-order valence-electron chi connectivity index (χ2n) is 9.50. The number of aliphatic hydroxyl groups is 1. The summed E-state index contributed by atoms with van der Waals surface area (Å²) in [5.74, 6) is 2.22. The van der Waals surface area contributed by atoms with Crippen LogP contribution in [0.1, 0.15) is 83.2 Å². The van der Waals surface area contributed by atoms with E-state index in [9.17, 15) is 14.3 Å². The molecule has 0 aliphatic carbocycles. The summed E-state index contributed by atoms with van der Waals surface area (Å²) in [5, 5.41) is 10.0. The molecule has 0 radical (unpaired) electrons. The van der Waals surface area contributed by atoms with Crippen LogP contribution in [0.4, 0.5) is 15.9 Å². The summed E-state index contributed by atoms with van der Waals surface area (Å²) in [6, 6.07) is 0. The number of hydrogen-bond donors (Lipinski definition) is 2. The lowest BCUT2D eigenvalue weighted by Gasteiger charge is -2.27. The standard InChI is InChI=1S/C26H37FN4O4/c1-3-5-6-7-8-9-10-11-22(33)34-21-15-19(35-26(21,4-2)17-32)14-18-12-13-20-23(29-16-18)24(28)31-25(27)30-20/h2,16,18-19,21,32H,3,5-15,17H2,1H3,(H2,28,30,31)/t18?,19-,21-,26?/m0/s1. The Hall–Kier alpha value is -2.57. The number of esters is 1. The van der Waals surface area contributed by atoms with Crippen molar-refractivity contribution in [3.05, 3.63) is 11.8 Å². The highest BCUT2D eigenvalue weighted by Crippen LogP contribution is 2.37. The molecule has 0 saturated carbocycles. The molecule has 8 nitrogen and oxygen atoms in total. The van der Waals surface area contributed by atoms with E-state index in [0.29, 0.717) is 43.5 Å². The lowest BCUT2D eigenvalue weighted by atomic mass is 9.93. The number of carbonyl (C=O) groups excluding carboxylic acids is 1. The molecule has 1 saturated heterocycles. The zero-order valence-corrected chi connectivity index (χ0v) is 20.5. The van der Waals surface area contributed by atoms with Gasteiger partial charge in [0.2, 0.25) is 0 Å². The van der Waals surface area contributed by atoms with Gasteiger partial charge >= 0.3 is 12.0 Å². The van der Waals surface area contributed by atoms with Crippen molar-refractivity contribution >= 4 is 23.7 Å². The van der Waals surface area contributed by atoms with Crippen molar-refractivity contribution in [2.45, 2.75) is 102 Å². The number of carbonyl (C=O) groups is 1. The highest BCUT2D eigenvalue weighted by atomic mass is 19.1. The maximum absolute atomic E-state index is 13.5. The van der Waals surface area contributed by atoms with E-state index in [0.717, 1.165) is 19.3 Å². The molecule has 192 valence electrons. The molecule has 35 heavy (non-hydrogen) atoms. The number of aromatic nitrogens is 2. The number of aryl methyl sites for hydroxylation is 1. The Morgan fingerprint density at radius 2 is 2.06 bits per heavy atom. The summed E-state index contributed by atoms with van der Waals surface area (Å²) in [6.07, 6.45) is 15.8. The molecule has 2 aliphatic heterocycles. The van der Waals surface area contributed by atoms with Crippen molar-refractivity contribution in [2.75, 3.05) is 12.3 Å². The topological polar surface area (TPSA) is 120 Å². The van der Waals surface area contributed by atoms with Crippen LogP contribution in [0.25, 0.3) is 0 Å². The van der Waals surface area contributed by atoms with Crippen molar-refractivity contribution < 1.29 is 23.8 Å². The van der Waals surface area contributed by atoms with Crippen LogP contribution in [0.3, 0.4) is 0 Å². The first-order chi connectivity index (χ1) is 16.9. The summed E-state index contributed by atoms with van der Waals surface area (Å²) in [5.41, 5.74) is 5.32. The number of hydrogen-bond acceptors (Lipinski definition) is 8. The number of terminal acetylenes is 1. The Morgan fingerprint density at radius 3 is 2.77 bits per heavy atom. The van der Waals surface area contributed by atoms with Crippen LogP contribution in [-0.4, -0.2) is 51.7 Å². The smallest absolute Gasteiger partial charge is 0.310 e. The molecule has 1 fully saturated rings. The normalized spacial score (nSPS) is 25.6. The van der Waals surface area contributed by atoms with Crippen LogP contribution in [0.5, 0.6) is 0 Å². The van der Waals surface area contributed by atoms with Crippen molar-refractivity contribution in [3.8, 4) is 12.3 Å². The molecule has 1 aromatic rings. The molecule has 3 N–H and O–H groups in total. The lowest BCUT2D eigenvalue weighted by Crippen LogP contribution is -2.44. The average Bonchev–Trinajstić information content (AvgIpc) is 3.04. The predicted octanol–water partition coefficient (Wildman–Crippen LogP) is 4.06. The van der Waals surface area contributed by atoms with E-state index in [1.165, 1.54) is 25.7 Å². The Labute approximate surface area is 206 Å². The third kappa shape index (κ3) is 7.21. The average molecular weight is 489 g/mol. The van der Waals surface area contributed by atoms with E-state index in [1.807, 2.05) is 0 Å². The molecule has 0 amide bonds. The first kappa shape index (κ1) is 27.0. The summed E-state index contributed by atoms with van der Waals surface area (Å²) in [6.45, 7) is 1.75. The molecule has 3 rings (SSSR count). The number of halogens is 1. The van der Waals surface area contributed by atoms with Gasteiger partial charge in [-0.05, 0) is 31.6 Å². The van der Waals surface area contributed by atoms with Crippen molar-refractivity contribution in [2.24, 2.45) is 10.9 Å². The molecule has 9 heteroatoms. The van der Waals surface area contributed by atoms with Crippen LogP contribution in [0, 0.1) is 24.3 Å². The number of ether oxygens (including phenoxy) is 2. The number of rotatable bonds is 12. The van der Waals surface area contributed by atoms with Crippen molar-refractivity contribution in [1.82, 2.24) is 9.97 Å². The predicted molar refractivity (Wildman–Crippen MR) is 132 cm³/mol. The summed E-state index contributed by atoms with van der Waals surface area (Å²) < 4.78 is 25.3. The Morgan fingerprint density at radius 1 is 1.31 bits per heavy atom. The maximum atomic E-state index is 13.5. The largest absolute Gasteiger partial charge is 0.458 e. The second kappa shape index (κ2) is 12.9. The van der Waals surface area contributed by atoms with Crippen molar-refractivity contribution in [1.29, 1.82) is 0 Å². The molecular weight excluding hydrogens is 451 g/mol. The van der Waals surface area contributed by atoms with Gasteiger partial charge in [0, 0.05) is 19.1 Å². The van der Waals surface area contributed by atoms with Crippen LogP contribution in [-0.2, 0) is 20.7 Å². The molecular formula is C26H37FN4O4. The molecule has 1 aromatic heterocycles. The van der Waals surface area contributed by atoms with Gasteiger partial charge in [-0.1, -0.05) is 51.4 Å². The second-order valence-corrected chi connectivity index (χ2v) is 9.50. The number of anilines is 1. The number of nitrogens with two attached hydrogens (primary N) is 1. The number of nitrogen functional groups attached to an aromatic ring is 1. The van der Waals surface area contributed by atoms with E-state index in [-0.39, 0.29) is 23.8 Å². The number of nitrogens with zero attached hydrogens (tertiary/aromatic N) is 3. The highest BCUT2D eigenvalue weighted by molar-refractivity contribution is 5.73. The number of aliphatic hydroxyl groups excluding tert-OH is 1. The molecule has 0 aromatic carbocycles. The van der Waals surface area contributed by atoms with Gasteiger partial charge in [-0.15, -0.1) is 6.42 Å². The van der Waals surface area contributed by atoms with E-state index < -0.39 is 24.4 Å². The van der Waals surface area contributed by atoms with E-state index in [4.69, 9.17) is 21.6 Å². The first-order valence-corrected chi connectivity index (χ1v) is 12.7. The van der Waals surface area contributed by atoms with Crippen LogP contribution in [0.15, 0.2) is 4.99 Å². The van der Waals surface area contributed by atoms with E-state index >= 15 is 0 Å². The van der Waals surface area contributed by atoms with Crippen molar-refractivity contribution in [3.63, 3.8) is 0 Å². The molecule has 4 atom stereocenters. The first-order valence-electron chi connectivity index (χ1n) is 12.7. The Kier molecular flexibility index (Phi) is 9.99. The van der Waals surface area contributed by atoms with Crippen LogP contribution < -0.4 is 5.73 Å². The minimum absolute atomic E-state index is 0.00649. The monoisotopic (exact) mass is 488 g/mol. The highest BCUT2D eigenvalue weighted by Gasteiger charge is 2.50. The van der Waals surface area contributed by atoms with Gasteiger partial charge in [-0.25, -0.2) is 4.98 Å². The van der Waals surface area contributed by atoms with Gasteiger partial charge in [-0.3, -0.25) is 9.79 Å². The van der Waals surface area contributed by atoms with Gasteiger partial charge in [0.25, 0.3) is 0 Å². The minimum atomic E-state index is -1.36. The quantitative estimate of drug-likeness (QED) is 0.197. The molecule has 2 aliphatic rings. The van der Waals surface area contributed by atoms with Gasteiger partial charge in [-0.2, -0.15) is 9.37 Å². The molecule has 0 bridgehead atoms. The van der Waals surface area contributed by atoms with E-state index in [2.05, 4.69) is 27.8 Å². The SMILES string of the molecule is C#CC1(CO)O[C@@H](CC2C=Nc3c(N)nc(F)nc3CC2)C[C@@H]1OC(=O)CCCCCCCCC. The fourth-order valence-corrected chi connectivity index (χ4v) is 4.79. The minimum Gasteiger partial charge on any atom is -0.458 e. The summed E-state index contributed by atoms with van der Waals surface area (Å²) >= 11 is 0. The number of unbranched alkanes of at least 4 members (excludes halogenated alkanes) is 6. The van der Waals surface area contributed by atoms with Crippen LogP contribution in [0.2, 0.25) is 0 Å². The fourth-order valence-electron chi connectivity index (χ4n) is 4.79. The Bertz CT molecular complexity index is 935. The zero-order valence-electron chi connectivity index (χ0n) is 20.5. The maximum Gasteiger partial charge on any atom is 0.310 e.